The molecule has 1 fully saturated rings. The SMILES string of the molecule is CCC1(CC)CC(=O)N(c2cccc3c2CNCC3)C1=O. The number of nitrogens with zero attached hydrogens (tertiary/aromatic N) is 1. The molecule has 3 rings (SSSR count). The molecule has 0 saturated carbocycles. The number of fused-ring (bicyclic) bond motifs is 1. The lowest BCUT2D eigenvalue weighted by Crippen LogP contribution is -2.37. The van der Waals surface area contributed by atoms with Gasteiger partial charge < -0.3 is 5.32 Å². The molecule has 0 aromatic heterocycles. The van der Waals surface area contributed by atoms with Crippen molar-refractivity contribution >= 4 is 17.5 Å². The molecule has 0 bridgehead atoms. The van der Waals surface area contributed by atoms with E-state index in [1.165, 1.54) is 10.5 Å². The van der Waals surface area contributed by atoms with Crippen LogP contribution in [0.2, 0.25) is 0 Å². The van der Waals surface area contributed by atoms with Gasteiger partial charge in [0.25, 0.3) is 0 Å². The number of hydrogen-bond acceptors (Lipinski definition) is 3. The number of carbonyl (C=O) groups excluding carboxylic acids is 2. The van der Waals surface area contributed by atoms with E-state index in [1.54, 1.807) is 0 Å². The Kier molecular flexibility index (Phi) is 3.57. The zero-order chi connectivity index (χ0) is 15.0. The number of carbonyl (C=O) groups is 2. The summed E-state index contributed by atoms with van der Waals surface area (Å²) in [6, 6.07) is 5.96. The standard InChI is InChI=1S/C17H22N2O2/c1-3-17(4-2)10-15(20)19(16(17)21)14-7-5-6-12-8-9-18-11-13(12)14/h5-7,18H,3-4,8-11H2,1-2H3. The van der Waals surface area contributed by atoms with Gasteiger partial charge in [-0.25, -0.2) is 4.90 Å². The van der Waals surface area contributed by atoms with Crippen LogP contribution in [-0.4, -0.2) is 18.4 Å². The molecule has 2 aliphatic rings. The number of amides is 2. The first-order chi connectivity index (χ1) is 10.1. The number of hydrogen-bond donors (Lipinski definition) is 1. The summed E-state index contributed by atoms with van der Waals surface area (Å²) >= 11 is 0. The second kappa shape index (κ2) is 5.26. The molecule has 112 valence electrons. The van der Waals surface area contributed by atoms with Crippen molar-refractivity contribution < 1.29 is 9.59 Å². The Bertz CT molecular complexity index is 590. The first-order valence-electron chi connectivity index (χ1n) is 7.82. The number of rotatable bonds is 3. The van der Waals surface area contributed by atoms with Gasteiger partial charge in [0.1, 0.15) is 0 Å². The number of nitrogens with one attached hydrogen (secondary N) is 1. The van der Waals surface area contributed by atoms with Crippen LogP contribution in [0.4, 0.5) is 5.69 Å². The van der Waals surface area contributed by atoms with Crippen molar-refractivity contribution in [1.29, 1.82) is 0 Å². The number of anilines is 1. The summed E-state index contributed by atoms with van der Waals surface area (Å²) < 4.78 is 0. The monoisotopic (exact) mass is 286 g/mol. The maximum atomic E-state index is 12.9. The zero-order valence-corrected chi connectivity index (χ0v) is 12.7. The average Bonchev–Trinajstić information content (AvgIpc) is 2.78. The predicted octanol–water partition coefficient (Wildman–Crippen LogP) is 2.40. The Morgan fingerprint density at radius 2 is 2.00 bits per heavy atom. The Hall–Kier alpha value is -1.68. The molecule has 0 atom stereocenters. The molecule has 1 aromatic rings. The molecule has 1 aromatic carbocycles. The van der Waals surface area contributed by atoms with E-state index >= 15 is 0 Å². The first-order valence-corrected chi connectivity index (χ1v) is 7.82. The fraction of sp³-hybridized carbons (Fsp3) is 0.529. The molecular formula is C17H22N2O2. The van der Waals surface area contributed by atoms with E-state index in [0.29, 0.717) is 6.42 Å². The number of benzene rings is 1. The minimum atomic E-state index is -0.498. The van der Waals surface area contributed by atoms with Crippen molar-refractivity contribution in [2.75, 3.05) is 11.4 Å². The molecule has 1 saturated heterocycles. The summed E-state index contributed by atoms with van der Waals surface area (Å²) in [7, 11) is 0. The fourth-order valence-electron chi connectivity index (χ4n) is 3.55. The van der Waals surface area contributed by atoms with Crippen LogP contribution in [-0.2, 0) is 22.6 Å². The van der Waals surface area contributed by atoms with Crippen molar-refractivity contribution in [1.82, 2.24) is 5.32 Å². The highest BCUT2D eigenvalue weighted by molar-refractivity contribution is 6.22. The molecule has 4 nitrogen and oxygen atoms in total. The van der Waals surface area contributed by atoms with Crippen LogP contribution in [0.3, 0.4) is 0 Å². The summed E-state index contributed by atoms with van der Waals surface area (Å²) in [5, 5.41) is 3.33. The van der Waals surface area contributed by atoms with E-state index in [2.05, 4.69) is 11.4 Å². The van der Waals surface area contributed by atoms with Crippen LogP contribution in [0.15, 0.2) is 18.2 Å². The van der Waals surface area contributed by atoms with Gasteiger partial charge >= 0.3 is 0 Å². The van der Waals surface area contributed by atoms with Crippen molar-refractivity contribution in [2.24, 2.45) is 5.41 Å². The van der Waals surface area contributed by atoms with Gasteiger partial charge in [0, 0.05) is 13.0 Å². The molecule has 0 spiro atoms. The van der Waals surface area contributed by atoms with E-state index < -0.39 is 5.41 Å². The zero-order valence-electron chi connectivity index (χ0n) is 12.7. The Balaban J connectivity index is 2.05. The van der Waals surface area contributed by atoms with Gasteiger partial charge in [-0.2, -0.15) is 0 Å². The maximum absolute atomic E-state index is 12.9. The number of imide groups is 1. The third kappa shape index (κ3) is 2.09. The van der Waals surface area contributed by atoms with Crippen LogP contribution >= 0.6 is 0 Å². The molecule has 4 heteroatoms. The van der Waals surface area contributed by atoms with Gasteiger partial charge in [0.15, 0.2) is 0 Å². The lowest BCUT2D eigenvalue weighted by atomic mass is 9.81. The minimum Gasteiger partial charge on any atom is -0.312 e. The minimum absolute atomic E-state index is 0.0172. The lowest BCUT2D eigenvalue weighted by molar-refractivity contribution is -0.126. The summed E-state index contributed by atoms with van der Waals surface area (Å²) in [5.74, 6) is -0.0702. The van der Waals surface area contributed by atoms with Crippen LogP contribution < -0.4 is 10.2 Å². The normalized spacial score (nSPS) is 20.8. The molecule has 2 amide bonds. The quantitative estimate of drug-likeness (QED) is 0.868. The molecular weight excluding hydrogens is 264 g/mol. The second-order valence-electron chi connectivity index (χ2n) is 6.04. The topological polar surface area (TPSA) is 49.4 Å². The van der Waals surface area contributed by atoms with Crippen LogP contribution in [0.25, 0.3) is 0 Å². The van der Waals surface area contributed by atoms with Gasteiger partial charge in [-0.15, -0.1) is 0 Å². The molecule has 21 heavy (non-hydrogen) atoms. The molecule has 0 aliphatic carbocycles. The van der Waals surface area contributed by atoms with E-state index in [1.807, 2.05) is 26.0 Å². The third-order valence-electron chi connectivity index (χ3n) is 5.11. The highest BCUT2D eigenvalue weighted by Gasteiger charge is 2.50. The third-order valence-corrected chi connectivity index (χ3v) is 5.11. The van der Waals surface area contributed by atoms with E-state index in [4.69, 9.17) is 0 Å². The van der Waals surface area contributed by atoms with Gasteiger partial charge in [0.05, 0.1) is 11.1 Å². The van der Waals surface area contributed by atoms with Gasteiger partial charge in [0.2, 0.25) is 11.8 Å². The van der Waals surface area contributed by atoms with Crippen LogP contribution in [0, 0.1) is 5.41 Å². The second-order valence-corrected chi connectivity index (χ2v) is 6.04. The highest BCUT2D eigenvalue weighted by Crippen LogP contribution is 2.42. The molecule has 2 aliphatic heterocycles. The Labute approximate surface area is 125 Å². The van der Waals surface area contributed by atoms with Crippen molar-refractivity contribution in [3.8, 4) is 0 Å². The smallest absolute Gasteiger partial charge is 0.240 e. The summed E-state index contributed by atoms with van der Waals surface area (Å²) in [6.45, 7) is 5.68. The molecule has 0 unspecified atom stereocenters. The lowest BCUT2D eigenvalue weighted by Gasteiger charge is -2.27. The first kappa shape index (κ1) is 14.3. The molecule has 1 N–H and O–H groups in total. The van der Waals surface area contributed by atoms with Gasteiger partial charge in [-0.05, 0) is 43.0 Å². The molecule has 0 radical (unpaired) electrons. The summed E-state index contributed by atoms with van der Waals surface area (Å²) in [5.41, 5.74) is 2.64. The van der Waals surface area contributed by atoms with Gasteiger partial charge in [-0.3, -0.25) is 9.59 Å². The van der Waals surface area contributed by atoms with Crippen LogP contribution in [0.1, 0.15) is 44.2 Å². The van der Waals surface area contributed by atoms with Gasteiger partial charge in [-0.1, -0.05) is 26.0 Å². The fourth-order valence-corrected chi connectivity index (χ4v) is 3.55. The average molecular weight is 286 g/mol. The highest BCUT2D eigenvalue weighted by atomic mass is 16.2. The van der Waals surface area contributed by atoms with E-state index in [-0.39, 0.29) is 11.8 Å². The molecule has 2 heterocycles. The van der Waals surface area contributed by atoms with Crippen molar-refractivity contribution in [3.05, 3.63) is 29.3 Å². The largest absolute Gasteiger partial charge is 0.312 e. The Morgan fingerprint density at radius 1 is 1.24 bits per heavy atom. The van der Waals surface area contributed by atoms with E-state index in [9.17, 15) is 9.59 Å². The van der Waals surface area contributed by atoms with Crippen LogP contribution in [0.5, 0.6) is 0 Å². The van der Waals surface area contributed by atoms with E-state index in [0.717, 1.165) is 43.6 Å². The summed E-state index contributed by atoms with van der Waals surface area (Å²) in [4.78, 5) is 26.8. The Morgan fingerprint density at radius 3 is 2.67 bits per heavy atom. The summed E-state index contributed by atoms with van der Waals surface area (Å²) in [6.07, 6.45) is 2.73. The predicted molar refractivity (Wildman–Crippen MR) is 82.0 cm³/mol. The van der Waals surface area contributed by atoms with Crippen molar-refractivity contribution in [3.63, 3.8) is 0 Å². The van der Waals surface area contributed by atoms with Crippen molar-refractivity contribution in [2.45, 2.75) is 46.1 Å². The maximum Gasteiger partial charge on any atom is 0.240 e.